The van der Waals surface area contributed by atoms with Crippen LogP contribution in [0, 0.1) is 0 Å². The summed E-state index contributed by atoms with van der Waals surface area (Å²) in [7, 11) is 1.29. The quantitative estimate of drug-likeness (QED) is 0.628. The van der Waals surface area contributed by atoms with Crippen LogP contribution >= 0.6 is 0 Å². The van der Waals surface area contributed by atoms with Crippen molar-refractivity contribution in [2.75, 3.05) is 7.11 Å². The first-order valence-electron chi connectivity index (χ1n) is 6.30. The van der Waals surface area contributed by atoms with Crippen molar-refractivity contribution in [1.82, 2.24) is 0 Å². The lowest BCUT2D eigenvalue weighted by molar-refractivity contribution is -0.137. The van der Waals surface area contributed by atoms with Crippen molar-refractivity contribution in [3.63, 3.8) is 0 Å². The normalized spacial score (nSPS) is 11.6. The highest BCUT2D eigenvalue weighted by Gasteiger charge is 2.29. The molecule has 0 saturated heterocycles. The third-order valence-corrected chi connectivity index (χ3v) is 2.89. The molecular weight excluding hydrogens is 295 g/mol. The molecule has 0 atom stereocenters. The molecule has 0 unspecified atom stereocenters. The molecule has 6 heteroatoms. The monoisotopic (exact) mass is 307 g/mol. The zero-order chi connectivity index (χ0) is 16.2. The number of benzene rings is 2. The van der Waals surface area contributed by atoms with Crippen LogP contribution in [-0.2, 0) is 10.9 Å². The van der Waals surface area contributed by atoms with Crippen molar-refractivity contribution < 1.29 is 22.7 Å². The second-order valence-electron chi connectivity index (χ2n) is 4.42. The van der Waals surface area contributed by atoms with E-state index < -0.39 is 17.7 Å². The van der Waals surface area contributed by atoms with Crippen LogP contribution in [-0.4, -0.2) is 19.3 Å². The molecule has 0 amide bonds. The number of halogens is 3. The van der Waals surface area contributed by atoms with Gasteiger partial charge in [-0.3, -0.25) is 4.99 Å². The molecule has 0 aromatic heterocycles. The summed E-state index contributed by atoms with van der Waals surface area (Å²) in [5.74, 6) is -0.439. The minimum atomic E-state index is -4.36. The Hall–Kier alpha value is -2.63. The van der Waals surface area contributed by atoms with Gasteiger partial charge in [0.05, 0.1) is 23.9 Å². The maximum Gasteiger partial charge on any atom is 0.416 e. The Labute approximate surface area is 125 Å². The molecule has 22 heavy (non-hydrogen) atoms. The van der Waals surface area contributed by atoms with Crippen LogP contribution in [0.4, 0.5) is 18.9 Å². The first kappa shape index (κ1) is 15.8. The molecule has 0 fully saturated rings. The van der Waals surface area contributed by atoms with Crippen LogP contribution in [0.1, 0.15) is 21.5 Å². The number of esters is 1. The molecule has 0 heterocycles. The number of nitrogens with zero attached hydrogens (tertiary/aromatic N) is 1. The molecular formula is C16H12F3NO2. The average Bonchev–Trinajstić information content (AvgIpc) is 2.52. The van der Waals surface area contributed by atoms with Crippen molar-refractivity contribution >= 4 is 17.9 Å². The predicted octanol–water partition coefficient (Wildman–Crippen LogP) is 4.24. The number of rotatable bonds is 3. The van der Waals surface area contributed by atoms with Crippen molar-refractivity contribution in [1.29, 1.82) is 0 Å². The summed E-state index contributed by atoms with van der Waals surface area (Å²) in [4.78, 5) is 15.4. The smallest absolute Gasteiger partial charge is 0.416 e. The van der Waals surface area contributed by atoms with Gasteiger partial charge < -0.3 is 4.74 Å². The minimum absolute atomic E-state index is 0.407. The van der Waals surface area contributed by atoms with E-state index in [0.717, 1.165) is 12.1 Å². The Kier molecular flexibility index (Phi) is 4.60. The number of ether oxygens (including phenoxy) is 1. The molecule has 0 radical (unpaired) electrons. The summed E-state index contributed by atoms with van der Waals surface area (Å²) in [6.07, 6.45) is -2.85. The Morgan fingerprint density at radius 1 is 1.05 bits per heavy atom. The van der Waals surface area contributed by atoms with Crippen LogP contribution < -0.4 is 0 Å². The third kappa shape index (κ3) is 3.94. The van der Waals surface area contributed by atoms with E-state index in [1.807, 2.05) is 0 Å². The molecule has 0 N–H and O–H groups in total. The SMILES string of the molecule is COC(=O)c1ccc(/C=N/c2ccc(C(F)(F)F)cc2)cc1. The number of hydrogen-bond acceptors (Lipinski definition) is 3. The average molecular weight is 307 g/mol. The molecule has 2 rings (SSSR count). The number of carbonyl (C=O) groups is 1. The van der Waals surface area contributed by atoms with Gasteiger partial charge in [-0.15, -0.1) is 0 Å². The fourth-order valence-electron chi connectivity index (χ4n) is 1.71. The van der Waals surface area contributed by atoms with Crippen molar-refractivity contribution in [3.05, 3.63) is 65.2 Å². The summed E-state index contributed by atoms with van der Waals surface area (Å²) in [5, 5.41) is 0. The van der Waals surface area contributed by atoms with Gasteiger partial charge in [0.2, 0.25) is 0 Å². The highest BCUT2D eigenvalue weighted by atomic mass is 19.4. The van der Waals surface area contributed by atoms with Gasteiger partial charge in [0, 0.05) is 6.21 Å². The van der Waals surface area contributed by atoms with E-state index in [1.165, 1.54) is 25.5 Å². The zero-order valence-corrected chi connectivity index (χ0v) is 11.6. The maximum atomic E-state index is 12.4. The molecule has 0 bridgehead atoms. The van der Waals surface area contributed by atoms with E-state index in [9.17, 15) is 18.0 Å². The van der Waals surface area contributed by atoms with Gasteiger partial charge in [-0.25, -0.2) is 4.79 Å². The van der Waals surface area contributed by atoms with Crippen LogP contribution in [0.25, 0.3) is 0 Å². The molecule has 0 spiro atoms. The number of aliphatic imine (C=N–C) groups is 1. The van der Waals surface area contributed by atoms with Crippen molar-refractivity contribution in [3.8, 4) is 0 Å². The predicted molar refractivity (Wildman–Crippen MR) is 76.5 cm³/mol. The lowest BCUT2D eigenvalue weighted by Gasteiger charge is -2.05. The minimum Gasteiger partial charge on any atom is -0.465 e. The highest BCUT2D eigenvalue weighted by molar-refractivity contribution is 5.90. The molecule has 2 aromatic rings. The maximum absolute atomic E-state index is 12.4. The van der Waals surface area contributed by atoms with Crippen LogP contribution in [0.3, 0.4) is 0 Å². The lowest BCUT2D eigenvalue weighted by Crippen LogP contribution is -2.03. The number of methoxy groups -OCH3 is 1. The van der Waals surface area contributed by atoms with Crippen LogP contribution in [0.5, 0.6) is 0 Å². The third-order valence-electron chi connectivity index (χ3n) is 2.89. The van der Waals surface area contributed by atoms with Gasteiger partial charge in [0.15, 0.2) is 0 Å². The summed E-state index contributed by atoms with van der Waals surface area (Å²) in [6, 6.07) is 11.0. The summed E-state index contributed by atoms with van der Waals surface area (Å²) >= 11 is 0. The summed E-state index contributed by atoms with van der Waals surface area (Å²) in [5.41, 5.74) is 0.820. The fourth-order valence-corrected chi connectivity index (χ4v) is 1.71. The topological polar surface area (TPSA) is 38.7 Å². The second-order valence-corrected chi connectivity index (χ2v) is 4.42. The molecule has 114 valence electrons. The van der Waals surface area contributed by atoms with Crippen LogP contribution in [0.15, 0.2) is 53.5 Å². The largest absolute Gasteiger partial charge is 0.465 e. The lowest BCUT2D eigenvalue weighted by atomic mass is 10.1. The molecule has 0 aliphatic carbocycles. The van der Waals surface area contributed by atoms with E-state index in [0.29, 0.717) is 16.8 Å². The van der Waals surface area contributed by atoms with E-state index in [1.54, 1.807) is 24.3 Å². The number of alkyl halides is 3. The van der Waals surface area contributed by atoms with Gasteiger partial charge in [-0.1, -0.05) is 12.1 Å². The number of hydrogen-bond donors (Lipinski definition) is 0. The van der Waals surface area contributed by atoms with Gasteiger partial charge in [0.1, 0.15) is 0 Å². The van der Waals surface area contributed by atoms with Gasteiger partial charge in [-0.2, -0.15) is 13.2 Å². The number of carbonyl (C=O) groups excluding carboxylic acids is 1. The van der Waals surface area contributed by atoms with E-state index in [2.05, 4.69) is 9.73 Å². The summed E-state index contributed by atoms with van der Waals surface area (Å²) < 4.78 is 41.9. The van der Waals surface area contributed by atoms with Gasteiger partial charge in [0.25, 0.3) is 0 Å². The molecule has 0 aliphatic rings. The molecule has 2 aromatic carbocycles. The second kappa shape index (κ2) is 6.43. The van der Waals surface area contributed by atoms with Crippen molar-refractivity contribution in [2.24, 2.45) is 4.99 Å². The first-order chi connectivity index (χ1) is 10.4. The Balaban J connectivity index is 2.10. The highest BCUT2D eigenvalue weighted by Crippen LogP contribution is 2.30. The fraction of sp³-hybridized carbons (Fsp3) is 0.125. The molecule has 0 saturated carbocycles. The Bertz CT molecular complexity index is 674. The Morgan fingerprint density at radius 3 is 2.14 bits per heavy atom. The zero-order valence-electron chi connectivity index (χ0n) is 11.6. The summed E-state index contributed by atoms with van der Waals surface area (Å²) in [6.45, 7) is 0. The first-order valence-corrected chi connectivity index (χ1v) is 6.30. The van der Waals surface area contributed by atoms with Gasteiger partial charge in [-0.05, 0) is 42.0 Å². The van der Waals surface area contributed by atoms with E-state index in [-0.39, 0.29) is 0 Å². The van der Waals surface area contributed by atoms with Crippen LogP contribution in [0.2, 0.25) is 0 Å². The van der Waals surface area contributed by atoms with E-state index in [4.69, 9.17) is 0 Å². The standard InChI is InChI=1S/C16H12F3NO2/c1-22-15(21)12-4-2-11(3-5-12)10-20-14-8-6-13(7-9-14)16(17,18)19/h2-10H,1H3/b20-10+. The van der Waals surface area contributed by atoms with Gasteiger partial charge >= 0.3 is 12.1 Å². The molecule has 0 aliphatic heterocycles. The molecule has 3 nitrogen and oxygen atoms in total. The Morgan fingerprint density at radius 2 is 1.64 bits per heavy atom. The van der Waals surface area contributed by atoms with E-state index >= 15 is 0 Å². The van der Waals surface area contributed by atoms with Crippen molar-refractivity contribution in [2.45, 2.75) is 6.18 Å².